The first kappa shape index (κ1) is 20.7. The summed E-state index contributed by atoms with van der Waals surface area (Å²) in [6.45, 7) is 3.14. The Balaban J connectivity index is 1.56. The highest BCUT2D eigenvalue weighted by atomic mass is 35.5. The van der Waals surface area contributed by atoms with E-state index in [9.17, 15) is 14.9 Å². The quantitative estimate of drug-likeness (QED) is 0.458. The Morgan fingerprint density at radius 1 is 1.29 bits per heavy atom. The van der Waals surface area contributed by atoms with Gasteiger partial charge in [0, 0.05) is 23.0 Å². The minimum atomic E-state index is -0.766. The molecule has 0 aliphatic heterocycles. The van der Waals surface area contributed by atoms with Crippen molar-refractivity contribution < 1.29 is 14.3 Å². The Kier molecular flexibility index (Phi) is 5.50. The third-order valence-corrected chi connectivity index (χ3v) is 5.86. The molecule has 1 amide bonds. The van der Waals surface area contributed by atoms with E-state index in [1.54, 1.807) is 16.1 Å². The van der Waals surface area contributed by atoms with Gasteiger partial charge >= 0.3 is 5.97 Å². The van der Waals surface area contributed by atoms with Gasteiger partial charge in [-0.1, -0.05) is 29.8 Å². The number of nitrogens with zero attached hydrogens (tertiary/aromatic N) is 4. The molecule has 1 N–H and O–H groups in total. The number of rotatable bonds is 5. The van der Waals surface area contributed by atoms with Crippen LogP contribution in [-0.2, 0) is 9.53 Å². The summed E-state index contributed by atoms with van der Waals surface area (Å²) in [6, 6.07) is 11.5. The predicted molar refractivity (Wildman–Crippen MR) is 117 cm³/mol. The summed E-state index contributed by atoms with van der Waals surface area (Å²) in [7, 11) is 0. The molecule has 4 rings (SSSR count). The van der Waals surface area contributed by atoms with Crippen molar-refractivity contribution >= 4 is 45.6 Å². The molecule has 0 fully saturated rings. The second kappa shape index (κ2) is 8.26. The number of hydrogen-bond donors (Lipinski definition) is 1. The molecule has 31 heavy (non-hydrogen) atoms. The van der Waals surface area contributed by atoms with Crippen LogP contribution < -0.4 is 5.32 Å². The number of nitriles is 1. The fraction of sp³-hybridized carbons (Fsp3) is 0.143. The molecular formula is C21H16ClN5O3S. The van der Waals surface area contributed by atoms with Crippen molar-refractivity contribution in [2.75, 3.05) is 11.9 Å². The van der Waals surface area contributed by atoms with E-state index in [0.29, 0.717) is 16.3 Å². The van der Waals surface area contributed by atoms with Gasteiger partial charge in [0.15, 0.2) is 22.4 Å². The largest absolute Gasteiger partial charge is 0.451 e. The molecule has 10 heteroatoms. The summed E-state index contributed by atoms with van der Waals surface area (Å²) in [5.74, 6) is -1.02. The van der Waals surface area contributed by atoms with Crippen molar-refractivity contribution in [3.05, 3.63) is 69.6 Å². The maximum atomic E-state index is 12.6. The zero-order chi connectivity index (χ0) is 22.1. The summed E-state index contributed by atoms with van der Waals surface area (Å²) in [4.78, 5) is 29.7. The van der Waals surface area contributed by atoms with Crippen LogP contribution >= 0.6 is 22.9 Å². The maximum Gasteiger partial charge on any atom is 0.359 e. The van der Waals surface area contributed by atoms with E-state index in [-0.39, 0.29) is 10.8 Å². The van der Waals surface area contributed by atoms with Crippen molar-refractivity contribution in [1.29, 1.82) is 5.26 Å². The molecule has 0 unspecified atom stereocenters. The average molecular weight is 454 g/mol. The summed E-state index contributed by atoms with van der Waals surface area (Å²) >= 11 is 7.35. The van der Waals surface area contributed by atoms with Gasteiger partial charge in [0.2, 0.25) is 0 Å². The highest BCUT2D eigenvalue weighted by Gasteiger charge is 2.23. The minimum Gasteiger partial charge on any atom is -0.451 e. The van der Waals surface area contributed by atoms with Gasteiger partial charge in [-0.3, -0.25) is 13.8 Å². The fourth-order valence-electron chi connectivity index (χ4n) is 3.27. The monoisotopic (exact) mass is 453 g/mol. The standard InChI is InChI=1S/C21H16ClN5O3S/c1-12-13(2)27(14-6-4-3-5-7-14)19(15(12)10-23)24-16(28)11-30-20(29)17-18(22)25-21-26(17)8-9-31-21/h3-9H,11H2,1-2H3,(H,24,28). The zero-order valence-electron chi connectivity index (χ0n) is 16.5. The van der Waals surface area contributed by atoms with Crippen molar-refractivity contribution in [2.45, 2.75) is 13.8 Å². The van der Waals surface area contributed by atoms with Crippen LogP contribution in [0.25, 0.3) is 10.6 Å². The smallest absolute Gasteiger partial charge is 0.359 e. The molecule has 0 radical (unpaired) electrons. The molecule has 8 nitrogen and oxygen atoms in total. The number of hydrogen-bond acceptors (Lipinski definition) is 6. The number of esters is 1. The molecule has 0 aliphatic carbocycles. The maximum absolute atomic E-state index is 12.6. The lowest BCUT2D eigenvalue weighted by molar-refractivity contribution is -0.119. The third kappa shape index (κ3) is 3.67. The Labute approximate surface area is 186 Å². The van der Waals surface area contributed by atoms with E-state index < -0.39 is 18.5 Å². The molecule has 0 spiro atoms. The second-order valence-corrected chi connectivity index (χ2v) is 7.88. The first-order valence-electron chi connectivity index (χ1n) is 9.17. The third-order valence-electron chi connectivity index (χ3n) is 4.84. The lowest BCUT2D eigenvalue weighted by Gasteiger charge is -2.13. The van der Waals surface area contributed by atoms with E-state index in [1.807, 2.05) is 44.2 Å². The topological polar surface area (TPSA) is 101 Å². The molecule has 3 aromatic heterocycles. The number of carbonyl (C=O) groups is 2. The summed E-state index contributed by atoms with van der Waals surface area (Å²) in [6.07, 6.45) is 1.65. The van der Waals surface area contributed by atoms with Crippen LogP contribution in [0, 0.1) is 25.2 Å². The average Bonchev–Trinajstić information content (AvgIpc) is 3.39. The Morgan fingerprint density at radius 2 is 2.03 bits per heavy atom. The molecule has 0 bridgehead atoms. The zero-order valence-corrected chi connectivity index (χ0v) is 18.1. The van der Waals surface area contributed by atoms with Crippen LogP contribution in [0.15, 0.2) is 41.9 Å². The van der Waals surface area contributed by atoms with Gasteiger partial charge in [0.05, 0.1) is 5.56 Å². The number of carbonyl (C=O) groups excluding carboxylic acids is 2. The highest BCUT2D eigenvalue weighted by Crippen LogP contribution is 2.30. The van der Waals surface area contributed by atoms with Gasteiger partial charge in [0.25, 0.3) is 5.91 Å². The Bertz CT molecular complexity index is 1350. The molecular weight excluding hydrogens is 438 g/mol. The van der Waals surface area contributed by atoms with Crippen molar-refractivity contribution in [1.82, 2.24) is 14.0 Å². The van der Waals surface area contributed by atoms with Crippen molar-refractivity contribution in [2.24, 2.45) is 0 Å². The van der Waals surface area contributed by atoms with Crippen LogP contribution in [0.2, 0.25) is 5.15 Å². The number of benzene rings is 1. The van der Waals surface area contributed by atoms with Crippen LogP contribution in [0.4, 0.5) is 5.82 Å². The Morgan fingerprint density at radius 3 is 2.74 bits per heavy atom. The van der Waals surface area contributed by atoms with Gasteiger partial charge in [-0.15, -0.1) is 11.3 Å². The number of ether oxygens (including phenoxy) is 1. The fourth-order valence-corrected chi connectivity index (χ4v) is 4.28. The SMILES string of the molecule is Cc1c(C#N)c(NC(=O)COC(=O)c2c(Cl)nc3sccn23)n(-c2ccccc2)c1C. The molecule has 0 saturated carbocycles. The number of anilines is 1. The number of thiazole rings is 1. The number of imidazole rings is 1. The molecule has 156 valence electrons. The highest BCUT2D eigenvalue weighted by molar-refractivity contribution is 7.15. The number of halogens is 1. The van der Waals surface area contributed by atoms with Crippen molar-refractivity contribution in [3.63, 3.8) is 0 Å². The van der Waals surface area contributed by atoms with Crippen LogP contribution in [0.3, 0.4) is 0 Å². The number of amides is 1. The number of para-hydroxylation sites is 1. The van der Waals surface area contributed by atoms with Crippen LogP contribution in [0.1, 0.15) is 27.3 Å². The lowest BCUT2D eigenvalue weighted by atomic mass is 10.2. The first-order chi connectivity index (χ1) is 14.9. The number of fused-ring (bicyclic) bond motifs is 1. The lowest BCUT2D eigenvalue weighted by Crippen LogP contribution is -2.23. The molecule has 4 aromatic rings. The normalized spacial score (nSPS) is 10.8. The second-order valence-electron chi connectivity index (χ2n) is 6.65. The predicted octanol–water partition coefficient (Wildman–Crippen LogP) is 4.12. The van der Waals surface area contributed by atoms with E-state index in [2.05, 4.69) is 16.4 Å². The molecule has 0 saturated heterocycles. The summed E-state index contributed by atoms with van der Waals surface area (Å²) in [5.41, 5.74) is 2.77. The minimum absolute atomic E-state index is 0.00762. The van der Waals surface area contributed by atoms with Gasteiger partial charge < -0.3 is 10.1 Å². The van der Waals surface area contributed by atoms with Crippen LogP contribution in [0.5, 0.6) is 0 Å². The van der Waals surface area contributed by atoms with E-state index in [4.69, 9.17) is 16.3 Å². The number of nitrogens with one attached hydrogen (secondary N) is 1. The van der Waals surface area contributed by atoms with E-state index in [1.165, 1.54) is 15.7 Å². The molecule has 0 atom stereocenters. The van der Waals surface area contributed by atoms with Gasteiger partial charge in [-0.25, -0.2) is 9.78 Å². The van der Waals surface area contributed by atoms with Crippen molar-refractivity contribution in [3.8, 4) is 11.8 Å². The summed E-state index contributed by atoms with van der Waals surface area (Å²) in [5, 5.41) is 14.1. The molecule has 0 aliphatic rings. The first-order valence-corrected chi connectivity index (χ1v) is 10.4. The van der Waals surface area contributed by atoms with Gasteiger partial charge in [-0.2, -0.15) is 5.26 Å². The Hall–Kier alpha value is -3.61. The van der Waals surface area contributed by atoms with Gasteiger partial charge in [0.1, 0.15) is 11.9 Å². The summed E-state index contributed by atoms with van der Waals surface area (Å²) < 4.78 is 8.45. The molecule has 1 aromatic carbocycles. The molecule has 3 heterocycles. The van der Waals surface area contributed by atoms with Gasteiger partial charge in [-0.05, 0) is 31.5 Å². The number of aromatic nitrogens is 3. The van der Waals surface area contributed by atoms with E-state index >= 15 is 0 Å². The van der Waals surface area contributed by atoms with Crippen LogP contribution in [-0.4, -0.2) is 32.4 Å². The van der Waals surface area contributed by atoms with E-state index in [0.717, 1.165) is 16.9 Å².